The van der Waals surface area contributed by atoms with Gasteiger partial charge in [0, 0.05) is 22.7 Å². The third-order valence-corrected chi connectivity index (χ3v) is 4.43. The van der Waals surface area contributed by atoms with Crippen LogP contribution in [0, 0.1) is 6.92 Å². The summed E-state index contributed by atoms with van der Waals surface area (Å²) in [6.45, 7) is 3.88. The van der Waals surface area contributed by atoms with E-state index in [1.807, 2.05) is 12.1 Å². The molecule has 0 saturated heterocycles. The molecule has 0 amide bonds. The molecule has 0 unspecified atom stereocenters. The van der Waals surface area contributed by atoms with Gasteiger partial charge in [-0.1, -0.05) is 23.7 Å². The summed E-state index contributed by atoms with van der Waals surface area (Å²) >= 11 is 5.90. The standard InChI is InChI=1S/C21H20ClN3O3/c1-3-28-20(27)15-6-10-17(11-7-15)24-21-23-13(2)18(19(26)25-21)12-14-4-8-16(22)9-5-14/h4-11H,3,12H2,1-2H3,(H2,23,24,25,26). The van der Waals surface area contributed by atoms with Crippen LogP contribution >= 0.6 is 11.6 Å². The van der Waals surface area contributed by atoms with Gasteiger partial charge in [0.25, 0.3) is 5.56 Å². The number of halogens is 1. The van der Waals surface area contributed by atoms with Crippen LogP contribution in [0.4, 0.5) is 11.6 Å². The Morgan fingerprint density at radius 1 is 1.14 bits per heavy atom. The number of aromatic nitrogens is 2. The molecule has 0 aliphatic rings. The number of carbonyl (C=O) groups excluding carboxylic acids is 1. The number of nitrogens with zero attached hydrogens (tertiary/aromatic N) is 1. The summed E-state index contributed by atoms with van der Waals surface area (Å²) < 4.78 is 4.96. The second kappa shape index (κ2) is 8.71. The van der Waals surface area contributed by atoms with E-state index in [0.717, 1.165) is 5.56 Å². The van der Waals surface area contributed by atoms with Crippen molar-refractivity contribution >= 4 is 29.2 Å². The van der Waals surface area contributed by atoms with Gasteiger partial charge in [-0.3, -0.25) is 9.78 Å². The van der Waals surface area contributed by atoms with Gasteiger partial charge in [-0.15, -0.1) is 0 Å². The molecule has 0 atom stereocenters. The Hall–Kier alpha value is -3.12. The van der Waals surface area contributed by atoms with Gasteiger partial charge in [-0.25, -0.2) is 9.78 Å². The minimum Gasteiger partial charge on any atom is -0.462 e. The average Bonchev–Trinajstić information content (AvgIpc) is 2.67. The lowest BCUT2D eigenvalue weighted by atomic mass is 10.1. The third kappa shape index (κ3) is 4.78. The van der Waals surface area contributed by atoms with E-state index in [9.17, 15) is 9.59 Å². The van der Waals surface area contributed by atoms with Gasteiger partial charge in [-0.2, -0.15) is 0 Å². The van der Waals surface area contributed by atoms with Crippen LogP contribution in [0.15, 0.2) is 53.3 Å². The third-order valence-electron chi connectivity index (χ3n) is 4.18. The van der Waals surface area contributed by atoms with Crippen molar-refractivity contribution in [1.82, 2.24) is 9.97 Å². The predicted molar refractivity (Wildman–Crippen MR) is 110 cm³/mol. The molecule has 0 bridgehead atoms. The minimum atomic E-state index is -0.372. The van der Waals surface area contributed by atoms with E-state index < -0.39 is 0 Å². The van der Waals surface area contributed by atoms with Crippen LogP contribution in [0.3, 0.4) is 0 Å². The molecule has 0 spiro atoms. The summed E-state index contributed by atoms with van der Waals surface area (Å²) in [6.07, 6.45) is 0.472. The zero-order chi connectivity index (χ0) is 20.1. The number of benzene rings is 2. The van der Waals surface area contributed by atoms with E-state index in [-0.39, 0.29) is 11.5 Å². The number of nitrogens with one attached hydrogen (secondary N) is 2. The van der Waals surface area contributed by atoms with Crippen molar-refractivity contribution in [3.8, 4) is 0 Å². The molecule has 0 fully saturated rings. The van der Waals surface area contributed by atoms with E-state index in [4.69, 9.17) is 16.3 Å². The maximum Gasteiger partial charge on any atom is 0.338 e. The molecule has 3 aromatic rings. The maximum atomic E-state index is 12.5. The summed E-state index contributed by atoms with van der Waals surface area (Å²) in [6, 6.07) is 14.1. The Morgan fingerprint density at radius 2 is 1.82 bits per heavy atom. The average molecular weight is 398 g/mol. The normalized spacial score (nSPS) is 10.5. The fourth-order valence-electron chi connectivity index (χ4n) is 2.72. The number of aromatic amines is 1. The lowest BCUT2D eigenvalue weighted by molar-refractivity contribution is 0.0526. The molecule has 1 aromatic heterocycles. The van der Waals surface area contributed by atoms with Crippen molar-refractivity contribution in [3.05, 3.63) is 86.3 Å². The molecule has 0 radical (unpaired) electrons. The Labute approximate surface area is 167 Å². The molecule has 0 saturated carbocycles. The van der Waals surface area contributed by atoms with Gasteiger partial charge in [0.15, 0.2) is 0 Å². The highest BCUT2D eigenvalue weighted by Gasteiger charge is 2.10. The number of H-pyrrole nitrogens is 1. The van der Waals surface area contributed by atoms with E-state index in [1.165, 1.54) is 0 Å². The van der Waals surface area contributed by atoms with E-state index >= 15 is 0 Å². The van der Waals surface area contributed by atoms with Crippen molar-refractivity contribution in [3.63, 3.8) is 0 Å². The molecule has 7 heteroatoms. The van der Waals surface area contributed by atoms with Crippen LogP contribution in [0.2, 0.25) is 5.02 Å². The second-order valence-corrected chi connectivity index (χ2v) is 6.64. The van der Waals surface area contributed by atoms with Gasteiger partial charge < -0.3 is 10.1 Å². The van der Waals surface area contributed by atoms with Crippen molar-refractivity contribution < 1.29 is 9.53 Å². The first-order valence-electron chi connectivity index (χ1n) is 8.84. The van der Waals surface area contributed by atoms with Gasteiger partial charge in [0.05, 0.1) is 17.9 Å². The van der Waals surface area contributed by atoms with Crippen LogP contribution in [0.1, 0.15) is 34.1 Å². The van der Waals surface area contributed by atoms with E-state index in [0.29, 0.717) is 46.5 Å². The maximum absolute atomic E-state index is 12.5. The molecule has 6 nitrogen and oxygen atoms in total. The molecule has 28 heavy (non-hydrogen) atoms. The lowest BCUT2D eigenvalue weighted by Gasteiger charge is -2.10. The van der Waals surface area contributed by atoms with Crippen LogP contribution in [0.5, 0.6) is 0 Å². The Kier molecular flexibility index (Phi) is 6.11. The molecule has 0 aliphatic heterocycles. The van der Waals surface area contributed by atoms with Crippen molar-refractivity contribution in [1.29, 1.82) is 0 Å². The summed E-state index contributed by atoms with van der Waals surface area (Å²) in [5.74, 6) is -0.0331. The SMILES string of the molecule is CCOC(=O)c1ccc(Nc2nc(C)c(Cc3ccc(Cl)cc3)c(=O)[nH]2)cc1. The molecular formula is C21H20ClN3O3. The van der Waals surface area contributed by atoms with Crippen molar-refractivity contribution in [2.75, 3.05) is 11.9 Å². The van der Waals surface area contributed by atoms with Crippen LogP contribution < -0.4 is 10.9 Å². The number of anilines is 2. The van der Waals surface area contributed by atoms with Crippen molar-refractivity contribution in [2.45, 2.75) is 20.3 Å². The number of ether oxygens (including phenoxy) is 1. The van der Waals surface area contributed by atoms with Gasteiger partial charge in [0.2, 0.25) is 5.95 Å². The largest absolute Gasteiger partial charge is 0.462 e. The highest BCUT2D eigenvalue weighted by molar-refractivity contribution is 6.30. The topological polar surface area (TPSA) is 84.1 Å². The fourth-order valence-corrected chi connectivity index (χ4v) is 2.85. The summed E-state index contributed by atoms with van der Waals surface area (Å²) in [5, 5.41) is 3.70. The quantitative estimate of drug-likeness (QED) is 0.607. The molecule has 0 aliphatic carbocycles. The fraction of sp³-hybridized carbons (Fsp3) is 0.190. The first-order valence-corrected chi connectivity index (χ1v) is 9.22. The van der Waals surface area contributed by atoms with Crippen molar-refractivity contribution in [2.24, 2.45) is 0 Å². The van der Waals surface area contributed by atoms with E-state index in [1.54, 1.807) is 50.2 Å². The summed E-state index contributed by atoms with van der Waals surface area (Å²) in [4.78, 5) is 31.4. The Balaban J connectivity index is 1.76. The zero-order valence-electron chi connectivity index (χ0n) is 15.6. The van der Waals surface area contributed by atoms with Gasteiger partial charge in [0.1, 0.15) is 0 Å². The lowest BCUT2D eigenvalue weighted by Crippen LogP contribution is -2.18. The molecule has 1 heterocycles. The number of hydrogen-bond donors (Lipinski definition) is 2. The van der Waals surface area contributed by atoms with E-state index in [2.05, 4.69) is 15.3 Å². The number of aryl methyl sites for hydroxylation is 1. The first-order chi connectivity index (χ1) is 13.5. The number of esters is 1. The number of carbonyl (C=O) groups is 1. The zero-order valence-corrected chi connectivity index (χ0v) is 16.3. The summed E-state index contributed by atoms with van der Waals surface area (Å²) in [5.41, 5.74) is 3.18. The molecule has 2 N–H and O–H groups in total. The highest BCUT2D eigenvalue weighted by Crippen LogP contribution is 2.17. The monoisotopic (exact) mass is 397 g/mol. The Morgan fingerprint density at radius 3 is 2.43 bits per heavy atom. The highest BCUT2D eigenvalue weighted by atomic mass is 35.5. The first kappa shape index (κ1) is 19.6. The summed E-state index contributed by atoms with van der Waals surface area (Å²) in [7, 11) is 0. The van der Waals surface area contributed by atoms with Crippen LogP contribution in [-0.2, 0) is 11.2 Å². The molecule has 144 valence electrons. The minimum absolute atomic E-state index is 0.201. The predicted octanol–water partition coefficient (Wildman–Crippen LogP) is 4.24. The number of hydrogen-bond acceptors (Lipinski definition) is 5. The Bertz CT molecular complexity index is 1030. The molecular weight excluding hydrogens is 378 g/mol. The number of rotatable bonds is 6. The van der Waals surface area contributed by atoms with Crippen LogP contribution in [-0.4, -0.2) is 22.5 Å². The second-order valence-electron chi connectivity index (χ2n) is 6.20. The molecule has 2 aromatic carbocycles. The van der Waals surface area contributed by atoms with Gasteiger partial charge >= 0.3 is 5.97 Å². The van der Waals surface area contributed by atoms with Gasteiger partial charge in [-0.05, 0) is 55.8 Å². The van der Waals surface area contributed by atoms with Crippen LogP contribution in [0.25, 0.3) is 0 Å². The smallest absolute Gasteiger partial charge is 0.338 e. The molecule has 3 rings (SSSR count).